The normalized spacial score (nSPS) is 21.6. The van der Waals surface area contributed by atoms with Crippen molar-refractivity contribution in [2.75, 3.05) is 12.3 Å². The summed E-state index contributed by atoms with van der Waals surface area (Å²) in [6.45, 7) is 1.71. The summed E-state index contributed by atoms with van der Waals surface area (Å²) in [6, 6.07) is 5.22. The van der Waals surface area contributed by atoms with Crippen molar-refractivity contribution in [3.8, 4) is 11.3 Å². The van der Waals surface area contributed by atoms with E-state index in [4.69, 9.17) is 5.73 Å². The summed E-state index contributed by atoms with van der Waals surface area (Å²) in [6.07, 6.45) is 3.52. The van der Waals surface area contributed by atoms with Gasteiger partial charge in [-0.2, -0.15) is 0 Å². The highest BCUT2D eigenvalue weighted by atomic mass is 16.2. The lowest BCUT2D eigenvalue weighted by molar-refractivity contribution is -0.129. The number of Topliss-reactive ketones (excluding diaryl/α,β-unsaturated/α-hetero) is 1. The summed E-state index contributed by atoms with van der Waals surface area (Å²) >= 11 is 0. The van der Waals surface area contributed by atoms with Crippen molar-refractivity contribution in [3.63, 3.8) is 0 Å². The first-order valence-electron chi connectivity index (χ1n) is 6.63. The molecule has 1 aliphatic rings. The van der Waals surface area contributed by atoms with Crippen LogP contribution in [0.3, 0.4) is 0 Å². The van der Waals surface area contributed by atoms with Crippen molar-refractivity contribution in [2.24, 2.45) is 7.05 Å². The van der Waals surface area contributed by atoms with Crippen LogP contribution in [0.2, 0.25) is 0 Å². The summed E-state index contributed by atoms with van der Waals surface area (Å²) in [5.74, 6) is -0.409. The van der Waals surface area contributed by atoms with E-state index in [1.165, 1.54) is 0 Å². The van der Waals surface area contributed by atoms with Gasteiger partial charge < -0.3 is 15.6 Å². The van der Waals surface area contributed by atoms with E-state index in [1.54, 1.807) is 31.5 Å². The number of carbonyl (C=O) groups is 2. The van der Waals surface area contributed by atoms with Gasteiger partial charge in [0.15, 0.2) is 5.78 Å². The van der Waals surface area contributed by atoms with E-state index in [0.29, 0.717) is 16.9 Å². The molecule has 0 spiro atoms. The molecule has 0 saturated carbocycles. The number of ketones is 1. The Morgan fingerprint density at radius 1 is 1.38 bits per heavy atom. The molecule has 2 aromatic rings. The van der Waals surface area contributed by atoms with E-state index in [0.717, 1.165) is 5.56 Å². The minimum Gasteiger partial charge on any atom is -0.398 e. The molecular weight excluding hydrogens is 268 g/mol. The van der Waals surface area contributed by atoms with E-state index in [9.17, 15) is 9.59 Å². The highest BCUT2D eigenvalue weighted by Gasteiger charge is 2.47. The number of anilines is 1. The molecule has 1 aliphatic heterocycles. The number of hydrogen-bond acceptors (Lipinski definition) is 4. The number of carbonyl (C=O) groups excluding carboxylic acids is 2. The van der Waals surface area contributed by atoms with Crippen LogP contribution in [0.15, 0.2) is 30.7 Å². The number of hydrogen-bond donors (Lipinski definition) is 2. The molecule has 3 N–H and O–H groups in total. The lowest BCUT2D eigenvalue weighted by atomic mass is 9.79. The van der Waals surface area contributed by atoms with Gasteiger partial charge in [-0.05, 0) is 24.6 Å². The molecule has 108 valence electrons. The molecule has 1 aromatic carbocycles. The van der Waals surface area contributed by atoms with E-state index in [2.05, 4.69) is 10.3 Å². The van der Waals surface area contributed by atoms with Crippen LogP contribution < -0.4 is 11.1 Å². The van der Waals surface area contributed by atoms with Crippen LogP contribution >= 0.6 is 0 Å². The van der Waals surface area contributed by atoms with Gasteiger partial charge in [-0.25, -0.2) is 4.98 Å². The molecule has 6 heteroatoms. The third kappa shape index (κ3) is 1.91. The van der Waals surface area contributed by atoms with Gasteiger partial charge in [0, 0.05) is 24.5 Å². The standard InChI is InChI=1S/C15H16N4O2/c1-15(13(20)6-17-14(15)21)9-3-4-11(16)10(5-9)12-7-19(2)8-18-12/h3-5,7-8H,6,16H2,1-2H3,(H,17,21). The van der Waals surface area contributed by atoms with Crippen LogP contribution in [0.5, 0.6) is 0 Å². The van der Waals surface area contributed by atoms with Crippen molar-refractivity contribution in [3.05, 3.63) is 36.3 Å². The quantitative estimate of drug-likeness (QED) is 0.625. The molecule has 1 unspecified atom stereocenters. The van der Waals surface area contributed by atoms with Crippen LogP contribution in [0.1, 0.15) is 12.5 Å². The number of aromatic nitrogens is 2. The fourth-order valence-corrected chi connectivity index (χ4v) is 2.57. The largest absolute Gasteiger partial charge is 0.398 e. The number of rotatable bonds is 2. The maximum Gasteiger partial charge on any atom is 0.238 e. The number of amides is 1. The second kappa shape index (κ2) is 4.44. The molecule has 1 amide bonds. The van der Waals surface area contributed by atoms with Gasteiger partial charge in [0.25, 0.3) is 0 Å². The summed E-state index contributed by atoms with van der Waals surface area (Å²) in [7, 11) is 1.87. The molecule has 0 bridgehead atoms. The van der Waals surface area contributed by atoms with Crippen molar-refractivity contribution in [2.45, 2.75) is 12.3 Å². The second-order valence-electron chi connectivity index (χ2n) is 5.46. The highest BCUT2D eigenvalue weighted by Crippen LogP contribution is 2.34. The molecule has 1 saturated heterocycles. The van der Waals surface area contributed by atoms with E-state index in [1.807, 2.05) is 17.8 Å². The average Bonchev–Trinajstić information content (AvgIpc) is 2.99. The maximum atomic E-state index is 12.1. The number of nitrogens with one attached hydrogen (secondary N) is 1. The molecule has 1 fully saturated rings. The zero-order chi connectivity index (χ0) is 15.2. The molecule has 3 rings (SSSR count). The number of nitrogens with zero attached hydrogens (tertiary/aromatic N) is 2. The lowest BCUT2D eigenvalue weighted by Crippen LogP contribution is -2.36. The third-order valence-electron chi connectivity index (χ3n) is 4.03. The van der Waals surface area contributed by atoms with Gasteiger partial charge >= 0.3 is 0 Å². The Bertz CT molecular complexity index is 732. The van der Waals surface area contributed by atoms with Crippen molar-refractivity contribution in [1.29, 1.82) is 0 Å². The Hall–Kier alpha value is -2.63. The molecule has 0 aliphatic carbocycles. The lowest BCUT2D eigenvalue weighted by Gasteiger charge is -2.20. The first-order chi connectivity index (χ1) is 9.92. The van der Waals surface area contributed by atoms with Gasteiger partial charge in [-0.15, -0.1) is 0 Å². The van der Waals surface area contributed by atoms with Gasteiger partial charge in [0.1, 0.15) is 5.41 Å². The van der Waals surface area contributed by atoms with Crippen molar-refractivity contribution in [1.82, 2.24) is 14.9 Å². The summed E-state index contributed by atoms with van der Waals surface area (Å²) < 4.78 is 1.82. The van der Waals surface area contributed by atoms with Crippen LogP contribution in [-0.4, -0.2) is 27.8 Å². The average molecular weight is 284 g/mol. The maximum absolute atomic E-state index is 12.1. The minimum absolute atomic E-state index is 0.0681. The first kappa shape index (κ1) is 13.4. The summed E-state index contributed by atoms with van der Waals surface area (Å²) in [4.78, 5) is 28.4. The van der Waals surface area contributed by atoms with Crippen LogP contribution in [0.4, 0.5) is 5.69 Å². The van der Waals surface area contributed by atoms with E-state index < -0.39 is 5.41 Å². The third-order valence-corrected chi connectivity index (χ3v) is 4.03. The second-order valence-corrected chi connectivity index (χ2v) is 5.46. The van der Waals surface area contributed by atoms with Gasteiger partial charge in [0.2, 0.25) is 5.91 Å². The van der Waals surface area contributed by atoms with Crippen LogP contribution in [-0.2, 0) is 22.1 Å². The molecule has 0 radical (unpaired) electrons. The van der Waals surface area contributed by atoms with Gasteiger partial charge in [0.05, 0.1) is 18.6 Å². The van der Waals surface area contributed by atoms with Crippen LogP contribution in [0.25, 0.3) is 11.3 Å². The Morgan fingerprint density at radius 3 is 2.71 bits per heavy atom. The Balaban J connectivity index is 2.14. The van der Waals surface area contributed by atoms with Gasteiger partial charge in [-0.3, -0.25) is 9.59 Å². The van der Waals surface area contributed by atoms with Crippen LogP contribution in [0, 0.1) is 0 Å². The number of imidazole rings is 1. The number of nitrogen functional groups attached to an aromatic ring is 1. The summed E-state index contributed by atoms with van der Waals surface area (Å²) in [5.41, 5.74) is 7.49. The van der Waals surface area contributed by atoms with Crippen molar-refractivity contribution >= 4 is 17.4 Å². The number of nitrogens with two attached hydrogens (primary N) is 1. The van der Waals surface area contributed by atoms with Gasteiger partial charge in [-0.1, -0.05) is 6.07 Å². The fraction of sp³-hybridized carbons (Fsp3) is 0.267. The highest BCUT2D eigenvalue weighted by molar-refractivity contribution is 6.17. The topological polar surface area (TPSA) is 90.0 Å². The Morgan fingerprint density at radius 2 is 2.14 bits per heavy atom. The zero-order valence-corrected chi connectivity index (χ0v) is 11.9. The predicted molar refractivity (Wildman–Crippen MR) is 78.4 cm³/mol. The fourth-order valence-electron chi connectivity index (χ4n) is 2.57. The van der Waals surface area contributed by atoms with Crippen molar-refractivity contribution < 1.29 is 9.59 Å². The Labute approximate surface area is 122 Å². The number of benzene rings is 1. The minimum atomic E-state index is -1.16. The molecule has 1 aromatic heterocycles. The predicted octanol–water partition coefficient (Wildman–Crippen LogP) is 0.626. The monoisotopic (exact) mass is 284 g/mol. The Kier molecular flexibility index (Phi) is 2.83. The molecule has 21 heavy (non-hydrogen) atoms. The molecular formula is C15H16N4O2. The summed E-state index contributed by atoms with van der Waals surface area (Å²) in [5, 5.41) is 2.60. The molecule has 2 heterocycles. The SMILES string of the molecule is Cn1cnc(-c2cc(C3(C)C(=O)CNC3=O)ccc2N)c1. The molecule has 1 atom stereocenters. The molecule has 6 nitrogen and oxygen atoms in total. The first-order valence-corrected chi connectivity index (χ1v) is 6.63. The zero-order valence-electron chi connectivity index (χ0n) is 11.9. The number of aryl methyl sites for hydroxylation is 1. The van der Waals surface area contributed by atoms with E-state index >= 15 is 0 Å². The smallest absolute Gasteiger partial charge is 0.238 e. The van der Waals surface area contributed by atoms with E-state index in [-0.39, 0.29) is 18.2 Å².